The molecule has 0 atom stereocenters. The van der Waals surface area contributed by atoms with Crippen LogP contribution >= 0.6 is 15.9 Å². The van der Waals surface area contributed by atoms with Crippen molar-refractivity contribution < 1.29 is 4.74 Å². The Morgan fingerprint density at radius 3 is 2.78 bits per heavy atom. The summed E-state index contributed by atoms with van der Waals surface area (Å²) in [4.78, 5) is 0. The summed E-state index contributed by atoms with van der Waals surface area (Å²) in [6.45, 7) is 1.76. The molecule has 2 N–H and O–H groups in total. The van der Waals surface area contributed by atoms with Gasteiger partial charge in [0.2, 0.25) is 5.88 Å². The fourth-order valence-electron chi connectivity index (χ4n) is 1.64. The molecule has 0 aliphatic heterocycles. The zero-order valence-electron chi connectivity index (χ0n) is 9.94. The van der Waals surface area contributed by atoms with Gasteiger partial charge < -0.3 is 10.5 Å². The number of halogens is 1. The van der Waals surface area contributed by atoms with Crippen molar-refractivity contribution in [2.45, 2.75) is 6.92 Å². The van der Waals surface area contributed by atoms with Crippen LogP contribution in [0.1, 0.15) is 11.3 Å². The molecular weight excluding hydrogens is 296 g/mol. The highest BCUT2D eigenvalue weighted by molar-refractivity contribution is 9.10. The average molecular weight is 307 g/mol. The highest BCUT2D eigenvalue weighted by Gasteiger charge is 2.15. The highest BCUT2D eigenvalue weighted by Crippen LogP contribution is 2.30. The number of aryl methyl sites for hydroxylation is 2. The molecule has 6 heteroatoms. The van der Waals surface area contributed by atoms with Crippen molar-refractivity contribution in [2.75, 3.05) is 5.73 Å². The quantitative estimate of drug-likeness (QED) is 0.865. The zero-order valence-corrected chi connectivity index (χ0v) is 11.5. The maximum Gasteiger partial charge on any atom is 0.235 e. The Labute approximate surface area is 113 Å². The molecule has 18 heavy (non-hydrogen) atoms. The third-order valence-electron chi connectivity index (χ3n) is 2.39. The molecule has 92 valence electrons. The van der Waals surface area contributed by atoms with Crippen LogP contribution in [0.3, 0.4) is 0 Å². The molecule has 2 rings (SSSR count). The van der Waals surface area contributed by atoms with E-state index in [9.17, 15) is 0 Å². The van der Waals surface area contributed by atoms with Crippen molar-refractivity contribution in [3.8, 4) is 17.7 Å². The molecule has 1 aromatic carbocycles. The number of hydrogen-bond donors (Lipinski definition) is 1. The van der Waals surface area contributed by atoms with Gasteiger partial charge in [-0.15, -0.1) is 0 Å². The molecule has 0 fully saturated rings. The molecule has 0 aliphatic carbocycles. The first kappa shape index (κ1) is 12.5. The van der Waals surface area contributed by atoms with Crippen LogP contribution in [0.4, 0.5) is 5.69 Å². The van der Waals surface area contributed by atoms with Crippen LogP contribution in [-0.2, 0) is 7.05 Å². The second-order valence-electron chi connectivity index (χ2n) is 3.82. The van der Waals surface area contributed by atoms with E-state index in [2.05, 4.69) is 27.1 Å². The second-order valence-corrected chi connectivity index (χ2v) is 4.74. The molecule has 1 aromatic heterocycles. The number of benzene rings is 1. The molecule has 0 saturated heterocycles. The number of nitriles is 1. The number of rotatable bonds is 2. The number of nitrogens with two attached hydrogens (primary N) is 1. The number of nitrogens with zero attached hydrogens (tertiary/aromatic N) is 3. The van der Waals surface area contributed by atoms with Crippen molar-refractivity contribution in [1.29, 1.82) is 5.26 Å². The maximum absolute atomic E-state index is 9.08. The summed E-state index contributed by atoms with van der Waals surface area (Å²) in [6, 6.07) is 7.32. The smallest absolute Gasteiger partial charge is 0.235 e. The summed E-state index contributed by atoms with van der Waals surface area (Å²) in [5.41, 5.74) is 7.37. The molecule has 0 aliphatic rings. The Morgan fingerprint density at radius 2 is 2.17 bits per heavy atom. The summed E-state index contributed by atoms with van der Waals surface area (Å²) in [5, 5.41) is 13.2. The molecule has 0 amide bonds. The van der Waals surface area contributed by atoms with Gasteiger partial charge in [-0.1, -0.05) is 15.9 Å². The first-order valence-corrected chi connectivity index (χ1v) is 5.98. The lowest BCUT2D eigenvalue weighted by Gasteiger charge is -2.07. The first-order chi connectivity index (χ1) is 8.51. The summed E-state index contributed by atoms with van der Waals surface area (Å²) in [5.74, 6) is 0.967. The van der Waals surface area contributed by atoms with E-state index in [0.717, 1.165) is 4.47 Å². The fourth-order valence-corrected chi connectivity index (χ4v) is 2.13. The Kier molecular flexibility index (Phi) is 3.26. The number of ether oxygens (including phenoxy) is 1. The summed E-state index contributed by atoms with van der Waals surface area (Å²) >= 11 is 3.34. The molecule has 0 spiro atoms. The van der Waals surface area contributed by atoms with Crippen molar-refractivity contribution in [3.05, 3.63) is 33.9 Å². The zero-order chi connectivity index (χ0) is 13.3. The third kappa shape index (κ3) is 2.31. The van der Waals surface area contributed by atoms with Crippen molar-refractivity contribution in [3.63, 3.8) is 0 Å². The summed E-state index contributed by atoms with van der Waals surface area (Å²) in [6.07, 6.45) is 0. The predicted octanol–water partition coefficient (Wildman–Crippen LogP) is 2.74. The van der Waals surface area contributed by atoms with Gasteiger partial charge in [-0.2, -0.15) is 10.4 Å². The Morgan fingerprint density at radius 1 is 1.44 bits per heavy atom. The summed E-state index contributed by atoms with van der Waals surface area (Å²) < 4.78 is 8.03. The largest absolute Gasteiger partial charge is 0.438 e. The Hall–Kier alpha value is -2.00. The van der Waals surface area contributed by atoms with E-state index in [1.165, 1.54) is 4.68 Å². The second kappa shape index (κ2) is 4.70. The number of nitrogen functional groups attached to an aromatic ring is 1. The van der Waals surface area contributed by atoms with Gasteiger partial charge in [0.15, 0.2) is 0 Å². The molecule has 0 radical (unpaired) electrons. The lowest BCUT2D eigenvalue weighted by atomic mass is 10.3. The number of anilines is 1. The van der Waals surface area contributed by atoms with Crippen LogP contribution < -0.4 is 10.5 Å². The van der Waals surface area contributed by atoms with Crippen LogP contribution in [0.5, 0.6) is 11.6 Å². The van der Waals surface area contributed by atoms with Crippen LogP contribution in [0.15, 0.2) is 22.7 Å². The van der Waals surface area contributed by atoms with E-state index < -0.39 is 0 Å². The van der Waals surface area contributed by atoms with Gasteiger partial charge in [-0.05, 0) is 19.1 Å². The molecule has 0 bridgehead atoms. The lowest BCUT2D eigenvalue weighted by molar-refractivity contribution is 0.429. The number of aromatic nitrogens is 2. The Bertz CT molecular complexity index is 622. The fraction of sp³-hybridized carbons (Fsp3) is 0.167. The maximum atomic E-state index is 9.08. The minimum Gasteiger partial charge on any atom is -0.438 e. The lowest BCUT2D eigenvalue weighted by Crippen LogP contribution is -1.97. The van der Waals surface area contributed by atoms with E-state index in [1.54, 1.807) is 32.2 Å². The van der Waals surface area contributed by atoms with Gasteiger partial charge in [0.1, 0.15) is 17.4 Å². The van der Waals surface area contributed by atoms with Gasteiger partial charge in [0, 0.05) is 23.3 Å². The van der Waals surface area contributed by atoms with Crippen LogP contribution in [-0.4, -0.2) is 9.78 Å². The van der Waals surface area contributed by atoms with Gasteiger partial charge in [-0.3, -0.25) is 0 Å². The molecule has 1 heterocycles. The van der Waals surface area contributed by atoms with E-state index in [-0.39, 0.29) is 0 Å². The van der Waals surface area contributed by atoms with Crippen molar-refractivity contribution >= 4 is 21.6 Å². The minimum absolute atomic E-state index is 0.410. The third-order valence-corrected chi connectivity index (χ3v) is 2.85. The molecular formula is C12H11BrN4O. The molecule has 0 saturated carbocycles. The SMILES string of the molecule is Cc1nn(C)c(Oc2cc(N)cc(Br)c2)c1C#N. The van der Waals surface area contributed by atoms with Crippen molar-refractivity contribution in [2.24, 2.45) is 7.05 Å². The van der Waals surface area contributed by atoms with Crippen LogP contribution in [0.25, 0.3) is 0 Å². The van der Waals surface area contributed by atoms with Gasteiger partial charge in [0.25, 0.3) is 0 Å². The molecule has 0 unspecified atom stereocenters. The monoisotopic (exact) mass is 306 g/mol. The van der Waals surface area contributed by atoms with E-state index in [1.807, 2.05) is 0 Å². The van der Waals surface area contributed by atoms with E-state index in [4.69, 9.17) is 15.7 Å². The Balaban J connectivity index is 2.43. The number of hydrogen-bond acceptors (Lipinski definition) is 4. The minimum atomic E-state index is 0.410. The standard InChI is InChI=1S/C12H11BrN4O/c1-7-11(6-14)12(17(2)16-7)18-10-4-8(13)3-9(15)5-10/h3-5H,15H2,1-2H3. The molecule has 2 aromatic rings. The van der Waals surface area contributed by atoms with Gasteiger partial charge >= 0.3 is 0 Å². The molecule has 5 nitrogen and oxygen atoms in total. The first-order valence-electron chi connectivity index (χ1n) is 5.19. The van der Waals surface area contributed by atoms with E-state index >= 15 is 0 Å². The predicted molar refractivity (Wildman–Crippen MR) is 71.3 cm³/mol. The van der Waals surface area contributed by atoms with Crippen LogP contribution in [0, 0.1) is 18.3 Å². The topological polar surface area (TPSA) is 76.9 Å². The normalized spacial score (nSPS) is 10.1. The van der Waals surface area contributed by atoms with E-state index in [0.29, 0.717) is 28.6 Å². The highest BCUT2D eigenvalue weighted by atomic mass is 79.9. The van der Waals surface area contributed by atoms with Gasteiger partial charge in [0.05, 0.1) is 5.69 Å². The van der Waals surface area contributed by atoms with Crippen LogP contribution in [0.2, 0.25) is 0 Å². The van der Waals surface area contributed by atoms with Gasteiger partial charge in [-0.25, -0.2) is 4.68 Å². The summed E-state index contributed by atoms with van der Waals surface area (Å²) in [7, 11) is 1.73. The average Bonchev–Trinajstić information content (AvgIpc) is 2.52. The van der Waals surface area contributed by atoms with Crippen molar-refractivity contribution in [1.82, 2.24) is 9.78 Å².